The Kier molecular flexibility index (Phi) is 8.03. The fourth-order valence-electron chi connectivity index (χ4n) is 3.89. The number of benzene rings is 2. The third-order valence-corrected chi connectivity index (χ3v) is 6.36. The number of ether oxygens (including phenoxy) is 1. The molecule has 0 aliphatic carbocycles. The summed E-state index contributed by atoms with van der Waals surface area (Å²) in [7, 11) is 0. The summed E-state index contributed by atoms with van der Waals surface area (Å²) in [6.45, 7) is 5.35. The molecule has 1 aromatic heterocycles. The molecule has 7 heteroatoms. The number of aromatic amines is 1. The number of nitrogens with zero attached hydrogens (tertiary/aromatic N) is 1. The zero-order chi connectivity index (χ0) is 22.3. The molecule has 3 aromatic rings. The lowest BCUT2D eigenvalue weighted by atomic mass is 10.1. The number of morpholine rings is 1. The van der Waals surface area contributed by atoms with E-state index in [0.717, 1.165) is 72.3 Å². The lowest BCUT2D eigenvalue weighted by Gasteiger charge is -2.26. The number of amides is 1. The summed E-state index contributed by atoms with van der Waals surface area (Å²) in [5, 5.41) is 4.72. The molecule has 0 radical (unpaired) electrons. The standard InChI is InChI=1S/C25H27BrClN3O2/c26-19-6-9-21-23(17-19)29-22(10-5-18-3-7-20(27)8-4-18)24(21)25(31)28-11-1-2-12-30-13-15-32-16-14-30/h3-10,17,29H,1-2,11-16H2,(H,28,31). The molecular formula is C25H27BrClN3O2. The normalized spacial score (nSPS) is 14.9. The van der Waals surface area contributed by atoms with Crippen molar-refractivity contribution in [1.29, 1.82) is 0 Å². The van der Waals surface area contributed by atoms with Crippen molar-refractivity contribution < 1.29 is 9.53 Å². The summed E-state index contributed by atoms with van der Waals surface area (Å²) in [5.41, 5.74) is 3.40. The number of carbonyl (C=O) groups excluding carboxylic acids is 1. The molecule has 2 heterocycles. The van der Waals surface area contributed by atoms with E-state index in [9.17, 15) is 4.79 Å². The van der Waals surface area contributed by atoms with E-state index >= 15 is 0 Å². The summed E-state index contributed by atoms with van der Waals surface area (Å²) in [6.07, 6.45) is 5.94. The van der Waals surface area contributed by atoms with Gasteiger partial charge in [0, 0.05) is 40.0 Å². The minimum atomic E-state index is -0.0549. The van der Waals surface area contributed by atoms with Crippen molar-refractivity contribution in [2.24, 2.45) is 0 Å². The molecule has 0 atom stereocenters. The summed E-state index contributed by atoms with van der Waals surface area (Å²) >= 11 is 9.50. The van der Waals surface area contributed by atoms with Crippen LogP contribution in [0.1, 0.15) is 34.5 Å². The highest BCUT2D eigenvalue weighted by atomic mass is 79.9. The molecule has 0 unspecified atom stereocenters. The maximum absolute atomic E-state index is 13.1. The summed E-state index contributed by atoms with van der Waals surface area (Å²) in [4.78, 5) is 18.9. The summed E-state index contributed by atoms with van der Waals surface area (Å²) in [5.74, 6) is -0.0549. The minimum absolute atomic E-state index is 0.0549. The number of aromatic nitrogens is 1. The van der Waals surface area contributed by atoms with Crippen LogP contribution in [0.2, 0.25) is 5.02 Å². The van der Waals surface area contributed by atoms with Crippen LogP contribution in [0.3, 0.4) is 0 Å². The Balaban J connectivity index is 1.44. The Labute approximate surface area is 201 Å². The fraction of sp³-hybridized carbons (Fsp3) is 0.320. The van der Waals surface area contributed by atoms with E-state index in [1.807, 2.05) is 54.6 Å². The van der Waals surface area contributed by atoms with E-state index in [1.165, 1.54) is 0 Å². The number of H-pyrrole nitrogens is 1. The van der Waals surface area contributed by atoms with Crippen molar-refractivity contribution in [3.05, 3.63) is 68.8 Å². The van der Waals surface area contributed by atoms with Crippen molar-refractivity contribution in [2.75, 3.05) is 39.4 Å². The first-order valence-electron chi connectivity index (χ1n) is 10.9. The van der Waals surface area contributed by atoms with Crippen LogP contribution in [0.15, 0.2) is 46.9 Å². The van der Waals surface area contributed by atoms with Crippen LogP contribution in [-0.4, -0.2) is 55.2 Å². The van der Waals surface area contributed by atoms with Crippen molar-refractivity contribution in [1.82, 2.24) is 15.2 Å². The molecule has 2 N–H and O–H groups in total. The predicted molar refractivity (Wildman–Crippen MR) is 135 cm³/mol. The van der Waals surface area contributed by atoms with Gasteiger partial charge in [-0.15, -0.1) is 0 Å². The first-order chi connectivity index (χ1) is 15.6. The van der Waals surface area contributed by atoms with Crippen molar-refractivity contribution >= 4 is 56.5 Å². The third-order valence-electron chi connectivity index (χ3n) is 5.62. The maximum atomic E-state index is 13.1. The third kappa shape index (κ3) is 6.01. The van der Waals surface area contributed by atoms with Crippen LogP contribution in [0.25, 0.3) is 23.1 Å². The van der Waals surface area contributed by atoms with Crippen molar-refractivity contribution in [3.63, 3.8) is 0 Å². The number of carbonyl (C=O) groups is 1. The topological polar surface area (TPSA) is 57.4 Å². The highest BCUT2D eigenvalue weighted by Crippen LogP contribution is 2.27. The molecule has 1 aliphatic heterocycles. The van der Waals surface area contributed by atoms with Gasteiger partial charge in [0.1, 0.15) is 0 Å². The Bertz CT molecular complexity index is 1090. The Morgan fingerprint density at radius 2 is 1.91 bits per heavy atom. The number of hydrogen-bond donors (Lipinski definition) is 2. The molecule has 4 rings (SSSR count). The maximum Gasteiger partial charge on any atom is 0.254 e. The van der Waals surface area contributed by atoms with Gasteiger partial charge in [-0.2, -0.15) is 0 Å². The fourth-order valence-corrected chi connectivity index (χ4v) is 4.38. The second-order valence-corrected chi connectivity index (χ2v) is 9.26. The average Bonchev–Trinajstić information content (AvgIpc) is 3.16. The van der Waals surface area contributed by atoms with Gasteiger partial charge in [0.25, 0.3) is 5.91 Å². The number of unbranched alkanes of at least 4 members (excludes halogenated alkanes) is 1. The van der Waals surface area contributed by atoms with Gasteiger partial charge in [-0.05, 0) is 55.3 Å². The van der Waals surface area contributed by atoms with Gasteiger partial charge in [0.05, 0.1) is 24.5 Å². The number of nitrogens with one attached hydrogen (secondary N) is 2. The molecule has 0 bridgehead atoms. The van der Waals surface area contributed by atoms with Crippen LogP contribution in [-0.2, 0) is 4.74 Å². The molecule has 0 saturated carbocycles. The highest BCUT2D eigenvalue weighted by Gasteiger charge is 2.17. The molecule has 1 saturated heterocycles. The van der Waals surface area contributed by atoms with Crippen LogP contribution in [0.5, 0.6) is 0 Å². The van der Waals surface area contributed by atoms with Crippen molar-refractivity contribution in [3.8, 4) is 0 Å². The summed E-state index contributed by atoms with van der Waals surface area (Å²) < 4.78 is 6.36. The van der Waals surface area contributed by atoms with Gasteiger partial charge in [0.15, 0.2) is 0 Å². The predicted octanol–water partition coefficient (Wildman–Crippen LogP) is 5.60. The highest BCUT2D eigenvalue weighted by molar-refractivity contribution is 9.10. The van der Waals surface area contributed by atoms with E-state index in [-0.39, 0.29) is 5.91 Å². The van der Waals surface area contributed by atoms with Crippen LogP contribution in [0, 0.1) is 0 Å². The number of halogens is 2. The number of rotatable bonds is 8. The largest absolute Gasteiger partial charge is 0.379 e. The zero-order valence-corrected chi connectivity index (χ0v) is 20.2. The molecule has 1 aliphatic rings. The Morgan fingerprint density at radius 3 is 2.69 bits per heavy atom. The SMILES string of the molecule is O=C(NCCCCN1CCOCC1)c1c(C=Cc2ccc(Cl)cc2)[nH]c2cc(Br)ccc12. The first kappa shape index (κ1) is 23.1. The van der Waals surface area contributed by atoms with E-state index in [1.54, 1.807) is 0 Å². The molecule has 5 nitrogen and oxygen atoms in total. The lowest BCUT2D eigenvalue weighted by molar-refractivity contribution is 0.0372. The van der Waals surface area contributed by atoms with Crippen LogP contribution in [0.4, 0.5) is 0 Å². The van der Waals surface area contributed by atoms with E-state index in [2.05, 4.69) is 31.1 Å². The van der Waals surface area contributed by atoms with Gasteiger partial charge >= 0.3 is 0 Å². The molecule has 1 fully saturated rings. The Hall–Kier alpha value is -2.12. The average molecular weight is 517 g/mol. The van der Waals surface area contributed by atoms with Crippen LogP contribution >= 0.6 is 27.5 Å². The lowest BCUT2D eigenvalue weighted by Crippen LogP contribution is -2.37. The van der Waals surface area contributed by atoms with E-state index in [0.29, 0.717) is 17.1 Å². The van der Waals surface area contributed by atoms with Gasteiger partial charge in [-0.3, -0.25) is 9.69 Å². The molecule has 168 valence electrons. The number of fused-ring (bicyclic) bond motifs is 1. The smallest absolute Gasteiger partial charge is 0.254 e. The quantitative estimate of drug-likeness (QED) is 0.383. The Morgan fingerprint density at radius 1 is 1.12 bits per heavy atom. The minimum Gasteiger partial charge on any atom is -0.379 e. The van der Waals surface area contributed by atoms with Gasteiger partial charge in [-0.25, -0.2) is 0 Å². The molecule has 1 amide bonds. The second-order valence-electron chi connectivity index (χ2n) is 7.91. The molecule has 32 heavy (non-hydrogen) atoms. The second kappa shape index (κ2) is 11.1. The first-order valence-corrected chi connectivity index (χ1v) is 12.1. The molecule has 0 spiro atoms. The van der Waals surface area contributed by atoms with Crippen LogP contribution < -0.4 is 5.32 Å². The van der Waals surface area contributed by atoms with E-state index < -0.39 is 0 Å². The zero-order valence-electron chi connectivity index (χ0n) is 17.9. The van der Waals surface area contributed by atoms with Gasteiger partial charge in [0.2, 0.25) is 0 Å². The summed E-state index contributed by atoms with van der Waals surface area (Å²) in [6, 6.07) is 13.5. The van der Waals surface area contributed by atoms with Crippen molar-refractivity contribution in [2.45, 2.75) is 12.8 Å². The number of hydrogen-bond acceptors (Lipinski definition) is 3. The van der Waals surface area contributed by atoms with Gasteiger partial charge < -0.3 is 15.0 Å². The molecular weight excluding hydrogens is 490 g/mol. The molecule has 2 aromatic carbocycles. The van der Waals surface area contributed by atoms with E-state index in [4.69, 9.17) is 16.3 Å². The monoisotopic (exact) mass is 515 g/mol. The van der Waals surface area contributed by atoms with Gasteiger partial charge in [-0.1, -0.05) is 51.8 Å².